The van der Waals surface area contributed by atoms with Crippen LogP contribution in [0.15, 0.2) is 97.2 Å². The molecular formula is C65H110O6. The molecule has 0 radical (unpaired) electrons. The molecule has 0 aliphatic rings. The average molecular weight is 988 g/mol. The van der Waals surface area contributed by atoms with E-state index < -0.39 is 6.10 Å². The minimum Gasteiger partial charge on any atom is -0.462 e. The molecular weight excluding hydrogens is 877 g/mol. The number of hydrogen-bond acceptors (Lipinski definition) is 6. The van der Waals surface area contributed by atoms with Gasteiger partial charge in [-0.15, -0.1) is 0 Å². The van der Waals surface area contributed by atoms with Gasteiger partial charge in [0.15, 0.2) is 6.10 Å². The van der Waals surface area contributed by atoms with Crippen molar-refractivity contribution in [1.29, 1.82) is 0 Å². The minimum atomic E-state index is -0.801. The predicted octanol–water partition coefficient (Wildman–Crippen LogP) is 20.1. The van der Waals surface area contributed by atoms with E-state index in [-0.39, 0.29) is 31.1 Å². The van der Waals surface area contributed by atoms with Gasteiger partial charge >= 0.3 is 17.9 Å². The highest BCUT2D eigenvalue weighted by Crippen LogP contribution is 2.14. The van der Waals surface area contributed by atoms with Crippen molar-refractivity contribution >= 4 is 17.9 Å². The zero-order valence-corrected chi connectivity index (χ0v) is 46.5. The average Bonchev–Trinajstić information content (AvgIpc) is 3.37. The topological polar surface area (TPSA) is 78.9 Å². The summed E-state index contributed by atoms with van der Waals surface area (Å²) in [7, 11) is 0. The van der Waals surface area contributed by atoms with Crippen LogP contribution in [0.2, 0.25) is 0 Å². The molecule has 0 aliphatic carbocycles. The van der Waals surface area contributed by atoms with Gasteiger partial charge in [0, 0.05) is 19.3 Å². The van der Waals surface area contributed by atoms with Crippen molar-refractivity contribution in [2.45, 2.75) is 284 Å². The fraction of sp³-hybridized carbons (Fsp3) is 0.708. The highest BCUT2D eigenvalue weighted by atomic mass is 16.6. The molecule has 0 saturated carbocycles. The van der Waals surface area contributed by atoms with E-state index in [4.69, 9.17) is 14.2 Å². The Hall–Kier alpha value is -3.67. The van der Waals surface area contributed by atoms with Gasteiger partial charge in [-0.25, -0.2) is 0 Å². The molecule has 71 heavy (non-hydrogen) atoms. The molecule has 0 amide bonds. The second kappa shape index (κ2) is 58.9. The van der Waals surface area contributed by atoms with Gasteiger partial charge < -0.3 is 14.2 Å². The van der Waals surface area contributed by atoms with Crippen LogP contribution < -0.4 is 0 Å². The highest BCUT2D eigenvalue weighted by Gasteiger charge is 2.19. The molecule has 0 aromatic rings. The van der Waals surface area contributed by atoms with E-state index >= 15 is 0 Å². The molecule has 0 aromatic carbocycles. The maximum atomic E-state index is 12.9. The van der Waals surface area contributed by atoms with Crippen molar-refractivity contribution in [2.24, 2.45) is 0 Å². The molecule has 406 valence electrons. The lowest BCUT2D eigenvalue weighted by Gasteiger charge is -2.18. The minimum absolute atomic E-state index is 0.0972. The summed E-state index contributed by atoms with van der Waals surface area (Å²) in [5, 5.41) is 0. The first-order chi connectivity index (χ1) is 35.0. The molecule has 0 saturated heterocycles. The Bertz CT molecular complexity index is 1410. The van der Waals surface area contributed by atoms with E-state index in [1.54, 1.807) is 0 Å². The summed E-state index contributed by atoms with van der Waals surface area (Å²) in [5.41, 5.74) is 0. The van der Waals surface area contributed by atoms with Crippen LogP contribution >= 0.6 is 0 Å². The zero-order chi connectivity index (χ0) is 51.4. The third-order valence-electron chi connectivity index (χ3n) is 12.5. The highest BCUT2D eigenvalue weighted by molar-refractivity contribution is 5.71. The van der Waals surface area contributed by atoms with Gasteiger partial charge in [-0.05, 0) is 128 Å². The van der Waals surface area contributed by atoms with Crippen LogP contribution in [0.25, 0.3) is 0 Å². The van der Waals surface area contributed by atoms with Crippen molar-refractivity contribution in [3.05, 3.63) is 97.2 Å². The summed E-state index contributed by atoms with van der Waals surface area (Å²) in [6.45, 7) is 6.53. The summed E-state index contributed by atoms with van der Waals surface area (Å²) < 4.78 is 16.9. The van der Waals surface area contributed by atoms with E-state index in [2.05, 4.69) is 118 Å². The number of unbranched alkanes of at least 4 members (excludes halogenated alkanes) is 26. The summed E-state index contributed by atoms with van der Waals surface area (Å²) in [4.78, 5) is 38.2. The Balaban J connectivity index is 4.47. The zero-order valence-electron chi connectivity index (χ0n) is 46.5. The van der Waals surface area contributed by atoms with Crippen LogP contribution in [-0.2, 0) is 28.6 Å². The number of hydrogen-bond donors (Lipinski definition) is 0. The molecule has 6 heteroatoms. The van der Waals surface area contributed by atoms with Gasteiger partial charge in [-0.3, -0.25) is 14.4 Å². The van der Waals surface area contributed by atoms with Crippen molar-refractivity contribution in [3.8, 4) is 0 Å². The molecule has 0 aliphatic heterocycles. The summed E-state index contributed by atoms with van der Waals surface area (Å²) in [5.74, 6) is -0.941. The van der Waals surface area contributed by atoms with Crippen molar-refractivity contribution in [3.63, 3.8) is 0 Å². The van der Waals surface area contributed by atoms with Gasteiger partial charge in [-0.2, -0.15) is 0 Å². The molecule has 6 nitrogen and oxygen atoms in total. The number of carbonyl (C=O) groups is 3. The third-order valence-corrected chi connectivity index (χ3v) is 12.5. The molecule has 1 atom stereocenters. The molecule has 0 bridgehead atoms. The molecule has 0 N–H and O–H groups in total. The molecule has 0 spiro atoms. The Morgan fingerprint density at radius 3 is 0.803 bits per heavy atom. The Labute approximate surface area is 438 Å². The first kappa shape index (κ1) is 67.3. The molecule has 0 aromatic heterocycles. The van der Waals surface area contributed by atoms with Crippen molar-refractivity contribution in [2.75, 3.05) is 13.2 Å². The largest absolute Gasteiger partial charge is 0.462 e. The van der Waals surface area contributed by atoms with Gasteiger partial charge in [0.05, 0.1) is 0 Å². The van der Waals surface area contributed by atoms with E-state index in [0.717, 1.165) is 116 Å². The quantitative estimate of drug-likeness (QED) is 0.0261. The van der Waals surface area contributed by atoms with Gasteiger partial charge in [0.2, 0.25) is 0 Å². The van der Waals surface area contributed by atoms with Crippen molar-refractivity contribution < 1.29 is 28.6 Å². The number of rotatable bonds is 53. The number of allylic oxidation sites excluding steroid dienone is 16. The van der Waals surface area contributed by atoms with Crippen LogP contribution in [0, 0.1) is 0 Å². The Kier molecular flexibility index (Phi) is 55.9. The standard InChI is InChI=1S/C65H110O6/c1-4-7-10-13-16-19-22-25-28-30-32-34-37-40-43-46-49-52-55-58-64(67)70-61-62(60-69-63(66)57-54-51-48-45-42-39-36-27-24-21-18-15-12-9-6-3)71-65(68)59-56-53-50-47-44-41-38-35-33-31-29-26-23-20-17-14-11-8-5-2/h16-21,25-29,32,34,36,40,43,62H,4-15,22-24,30-31,33,35,37-39,41-42,44-61H2,1-3H3/b19-16+,20-17+,21-18+,28-25+,29-26+,34-32+,36-27+,43-40+/t62-/m1/s1. The maximum absolute atomic E-state index is 12.9. The lowest BCUT2D eigenvalue weighted by atomic mass is 10.1. The summed E-state index contributed by atoms with van der Waals surface area (Å²) in [6.07, 6.45) is 78.2. The molecule has 0 rings (SSSR count). The van der Waals surface area contributed by atoms with Gasteiger partial charge in [0.1, 0.15) is 13.2 Å². The molecule has 0 fully saturated rings. The number of ether oxygens (including phenoxy) is 3. The second-order valence-corrected chi connectivity index (χ2v) is 19.5. The van der Waals surface area contributed by atoms with Crippen LogP contribution in [0.3, 0.4) is 0 Å². The summed E-state index contributed by atoms with van der Waals surface area (Å²) in [6, 6.07) is 0. The van der Waals surface area contributed by atoms with E-state index in [0.29, 0.717) is 19.3 Å². The summed E-state index contributed by atoms with van der Waals surface area (Å²) >= 11 is 0. The molecule has 0 heterocycles. The Morgan fingerprint density at radius 1 is 0.282 bits per heavy atom. The number of esters is 3. The van der Waals surface area contributed by atoms with E-state index in [9.17, 15) is 14.4 Å². The van der Waals surface area contributed by atoms with E-state index in [1.807, 2.05) is 0 Å². The molecule has 0 unspecified atom stereocenters. The maximum Gasteiger partial charge on any atom is 0.306 e. The Morgan fingerprint density at radius 2 is 0.507 bits per heavy atom. The lowest BCUT2D eigenvalue weighted by molar-refractivity contribution is -0.167. The van der Waals surface area contributed by atoms with Crippen LogP contribution in [0.5, 0.6) is 0 Å². The van der Waals surface area contributed by atoms with Crippen LogP contribution in [0.4, 0.5) is 0 Å². The van der Waals surface area contributed by atoms with Gasteiger partial charge in [-0.1, -0.05) is 227 Å². The van der Waals surface area contributed by atoms with Crippen LogP contribution in [-0.4, -0.2) is 37.2 Å². The predicted molar refractivity (Wildman–Crippen MR) is 307 cm³/mol. The monoisotopic (exact) mass is 987 g/mol. The van der Waals surface area contributed by atoms with Crippen molar-refractivity contribution in [1.82, 2.24) is 0 Å². The first-order valence-electron chi connectivity index (χ1n) is 29.7. The smallest absolute Gasteiger partial charge is 0.306 e. The van der Waals surface area contributed by atoms with E-state index in [1.165, 1.54) is 122 Å². The lowest BCUT2D eigenvalue weighted by Crippen LogP contribution is -2.30. The fourth-order valence-corrected chi connectivity index (χ4v) is 8.01. The fourth-order valence-electron chi connectivity index (χ4n) is 8.01. The third kappa shape index (κ3) is 57.1. The second-order valence-electron chi connectivity index (χ2n) is 19.5. The van der Waals surface area contributed by atoms with Gasteiger partial charge in [0.25, 0.3) is 0 Å². The first-order valence-corrected chi connectivity index (χ1v) is 29.7. The normalized spacial score (nSPS) is 12.8. The number of carbonyl (C=O) groups excluding carboxylic acids is 3. The van der Waals surface area contributed by atoms with Crippen LogP contribution in [0.1, 0.15) is 278 Å². The SMILES string of the molecule is CCCCC/C=C/C/C=C/C/C=C/C/C=C/CCCCCC(=O)OC[C@@H](COC(=O)CCCCCCC/C=C/C/C=C/CCCCC)OC(=O)CCCCCCCCCCC/C=C/C/C=C/CCCCC.